The van der Waals surface area contributed by atoms with Crippen molar-refractivity contribution in [2.24, 2.45) is 0 Å². The molecule has 27 heavy (non-hydrogen) atoms. The lowest BCUT2D eigenvalue weighted by Gasteiger charge is -2.20. The number of Topliss-reactive ketones (excluding diaryl/α,β-unsaturated/α-hetero) is 1. The highest BCUT2D eigenvalue weighted by atomic mass is 16.6. The first kappa shape index (κ1) is 20.1. The van der Waals surface area contributed by atoms with Crippen molar-refractivity contribution in [3.05, 3.63) is 29.8 Å². The van der Waals surface area contributed by atoms with Gasteiger partial charge in [-0.15, -0.1) is 0 Å². The molecule has 0 heterocycles. The van der Waals surface area contributed by atoms with E-state index in [1.165, 1.54) is 27.7 Å². The van der Waals surface area contributed by atoms with Gasteiger partial charge in [-0.05, 0) is 13.3 Å². The molecule has 0 fully saturated rings. The lowest BCUT2D eigenvalue weighted by Crippen LogP contribution is -2.13. The maximum Gasteiger partial charge on any atom is 0.308 e. The predicted molar refractivity (Wildman–Crippen MR) is 96.9 cm³/mol. The van der Waals surface area contributed by atoms with Gasteiger partial charge in [0.15, 0.2) is 11.5 Å². The number of ether oxygens (including phenoxy) is 3. The molecule has 0 N–H and O–H groups in total. The fourth-order valence-electron chi connectivity index (χ4n) is 2.69. The van der Waals surface area contributed by atoms with Crippen LogP contribution >= 0.6 is 0 Å². The maximum absolute atomic E-state index is 11.7. The molecule has 0 amide bonds. The Morgan fingerprint density at radius 1 is 0.704 bits per heavy atom. The molecular weight excluding hydrogens is 352 g/mol. The third kappa shape index (κ3) is 4.91. The highest BCUT2D eigenvalue weighted by Gasteiger charge is 2.26. The van der Waals surface area contributed by atoms with Crippen LogP contribution in [0.25, 0.3) is 10.8 Å². The Hall–Kier alpha value is -3.22. The van der Waals surface area contributed by atoms with Crippen LogP contribution in [0.3, 0.4) is 0 Å². The van der Waals surface area contributed by atoms with Gasteiger partial charge in [0.2, 0.25) is 0 Å². The summed E-state index contributed by atoms with van der Waals surface area (Å²) < 4.78 is 16.0. The van der Waals surface area contributed by atoms with Gasteiger partial charge in [-0.2, -0.15) is 0 Å². The summed E-state index contributed by atoms with van der Waals surface area (Å²) in [5.74, 6) is -1.73. The van der Waals surface area contributed by atoms with Gasteiger partial charge in [0, 0.05) is 43.5 Å². The summed E-state index contributed by atoms with van der Waals surface area (Å²) in [4.78, 5) is 46.5. The SMILES string of the molecule is CC(=O)CCc1c(OC(C)=O)c(OC(C)=O)c2ccccc2c1OC(C)=O. The van der Waals surface area contributed by atoms with Crippen molar-refractivity contribution in [1.82, 2.24) is 0 Å². The van der Waals surface area contributed by atoms with E-state index < -0.39 is 17.9 Å². The smallest absolute Gasteiger partial charge is 0.308 e. The van der Waals surface area contributed by atoms with Gasteiger partial charge in [-0.3, -0.25) is 14.4 Å². The van der Waals surface area contributed by atoms with Crippen LogP contribution < -0.4 is 14.2 Å². The fourth-order valence-corrected chi connectivity index (χ4v) is 2.69. The molecule has 0 aliphatic heterocycles. The highest BCUT2D eigenvalue weighted by molar-refractivity contribution is 6.00. The number of hydrogen-bond donors (Lipinski definition) is 0. The normalized spacial score (nSPS) is 10.4. The first-order valence-corrected chi connectivity index (χ1v) is 8.33. The Balaban J connectivity index is 2.90. The molecule has 2 aromatic carbocycles. The van der Waals surface area contributed by atoms with Crippen molar-refractivity contribution in [1.29, 1.82) is 0 Å². The van der Waals surface area contributed by atoms with Crippen LogP contribution in [0.5, 0.6) is 17.2 Å². The van der Waals surface area contributed by atoms with Gasteiger partial charge < -0.3 is 19.0 Å². The minimum Gasteiger partial charge on any atom is -0.426 e. The van der Waals surface area contributed by atoms with Crippen LogP contribution in [0.2, 0.25) is 0 Å². The second kappa shape index (κ2) is 8.44. The number of carbonyl (C=O) groups excluding carboxylic acids is 4. The van der Waals surface area contributed by atoms with Crippen LogP contribution in [-0.4, -0.2) is 23.7 Å². The third-order valence-electron chi connectivity index (χ3n) is 3.64. The van der Waals surface area contributed by atoms with E-state index in [9.17, 15) is 19.2 Å². The lowest BCUT2D eigenvalue weighted by molar-refractivity contribution is -0.134. The molecule has 7 nitrogen and oxygen atoms in total. The predicted octanol–water partition coefficient (Wildman–Crippen LogP) is 3.14. The molecule has 0 aliphatic rings. The van der Waals surface area contributed by atoms with E-state index in [0.717, 1.165) is 0 Å². The summed E-state index contributed by atoms with van der Waals surface area (Å²) in [6.45, 7) is 5.09. The third-order valence-corrected chi connectivity index (χ3v) is 3.64. The number of ketones is 1. The molecule has 0 bridgehead atoms. The first-order chi connectivity index (χ1) is 12.7. The van der Waals surface area contributed by atoms with Crippen LogP contribution in [0.15, 0.2) is 24.3 Å². The second-order valence-electron chi connectivity index (χ2n) is 5.99. The Kier molecular flexibility index (Phi) is 6.28. The van der Waals surface area contributed by atoms with Crippen molar-refractivity contribution in [3.8, 4) is 17.2 Å². The largest absolute Gasteiger partial charge is 0.426 e. The molecule has 0 atom stereocenters. The summed E-state index contributed by atoms with van der Waals surface area (Å²) in [7, 11) is 0. The van der Waals surface area contributed by atoms with Gasteiger partial charge in [-0.25, -0.2) is 0 Å². The Labute approximate surface area is 156 Å². The lowest BCUT2D eigenvalue weighted by atomic mass is 9.98. The molecule has 0 radical (unpaired) electrons. The Morgan fingerprint density at radius 2 is 1.15 bits per heavy atom. The fraction of sp³-hybridized carbons (Fsp3) is 0.300. The molecule has 0 unspecified atom stereocenters. The molecular formula is C20H20O7. The molecule has 7 heteroatoms. The van der Waals surface area contributed by atoms with Gasteiger partial charge >= 0.3 is 17.9 Å². The molecule has 142 valence electrons. The Morgan fingerprint density at radius 3 is 1.63 bits per heavy atom. The maximum atomic E-state index is 11.7. The van der Waals surface area contributed by atoms with Crippen molar-refractivity contribution in [2.45, 2.75) is 40.5 Å². The number of carbonyl (C=O) groups is 4. The van der Waals surface area contributed by atoms with E-state index in [1.54, 1.807) is 24.3 Å². The molecule has 0 spiro atoms. The summed E-state index contributed by atoms with van der Waals surface area (Å²) in [6, 6.07) is 6.78. The molecule has 2 aromatic rings. The summed E-state index contributed by atoms with van der Waals surface area (Å²) in [5, 5.41) is 0.935. The van der Waals surface area contributed by atoms with Crippen molar-refractivity contribution in [3.63, 3.8) is 0 Å². The van der Waals surface area contributed by atoms with Crippen LogP contribution in [0, 0.1) is 0 Å². The number of fused-ring (bicyclic) bond motifs is 1. The summed E-state index contributed by atoms with van der Waals surface area (Å²) >= 11 is 0. The molecule has 0 saturated heterocycles. The van der Waals surface area contributed by atoms with Crippen molar-refractivity contribution >= 4 is 34.5 Å². The number of rotatable bonds is 6. The van der Waals surface area contributed by atoms with E-state index in [1.807, 2.05) is 0 Å². The van der Waals surface area contributed by atoms with E-state index in [4.69, 9.17) is 14.2 Å². The zero-order valence-electron chi connectivity index (χ0n) is 15.6. The van der Waals surface area contributed by atoms with Crippen LogP contribution in [-0.2, 0) is 25.6 Å². The minimum atomic E-state index is -0.642. The molecule has 0 saturated carbocycles. The first-order valence-electron chi connectivity index (χ1n) is 8.33. The number of benzene rings is 2. The second-order valence-corrected chi connectivity index (χ2v) is 5.99. The van der Waals surface area contributed by atoms with Crippen LogP contribution in [0.1, 0.15) is 39.7 Å². The monoisotopic (exact) mass is 372 g/mol. The van der Waals surface area contributed by atoms with Gasteiger partial charge in [0.1, 0.15) is 11.5 Å². The van der Waals surface area contributed by atoms with E-state index in [2.05, 4.69) is 0 Å². The van der Waals surface area contributed by atoms with Gasteiger partial charge in [-0.1, -0.05) is 24.3 Å². The zero-order chi connectivity index (χ0) is 20.1. The zero-order valence-corrected chi connectivity index (χ0v) is 15.6. The standard InChI is InChI=1S/C20H20O7/c1-11(21)9-10-17-18(25-12(2)22)15-7-5-6-8-16(15)19(26-13(3)23)20(17)27-14(4)24/h5-8H,9-10H2,1-4H3. The van der Waals surface area contributed by atoms with Crippen molar-refractivity contribution in [2.75, 3.05) is 0 Å². The molecule has 0 aromatic heterocycles. The molecule has 2 rings (SSSR count). The van der Waals surface area contributed by atoms with Gasteiger partial charge in [0.25, 0.3) is 0 Å². The summed E-state index contributed by atoms with van der Waals surface area (Å²) in [6.07, 6.45) is 0.264. The average Bonchev–Trinajstić information content (AvgIpc) is 2.56. The van der Waals surface area contributed by atoms with E-state index in [0.29, 0.717) is 16.3 Å². The average molecular weight is 372 g/mol. The highest BCUT2D eigenvalue weighted by Crippen LogP contribution is 2.47. The van der Waals surface area contributed by atoms with Crippen LogP contribution in [0.4, 0.5) is 0 Å². The quantitative estimate of drug-likeness (QED) is 0.568. The molecule has 0 aliphatic carbocycles. The summed E-state index contributed by atoms with van der Waals surface area (Å²) in [5.41, 5.74) is 0.311. The van der Waals surface area contributed by atoms with E-state index >= 15 is 0 Å². The minimum absolute atomic E-state index is 0.0334. The van der Waals surface area contributed by atoms with Gasteiger partial charge in [0.05, 0.1) is 0 Å². The number of esters is 3. The Bertz CT molecular complexity index is 928. The number of hydrogen-bond acceptors (Lipinski definition) is 7. The van der Waals surface area contributed by atoms with Crippen molar-refractivity contribution < 1.29 is 33.4 Å². The topological polar surface area (TPSA) is 96.0 Å². The van der Waals surface area contributed by atoms with E-state index in [-0.39, 0.29) is 35.9 Å².